The van der Waals surface area contributed by atoms with Crippen LogP contribution in [0.15, 0.2) is 22.7 Å². The standard InChI is InChI=1S/C18H25BrN2O3/c1-18(2,3)24-17(23)20-11-12-8-13(10-14(19)9-12)16(22)21-15-6-4-5-7-15/h8-10,15H,4-7,11H2,1-3H3,(H,20,23)(H,21,22). The molecule has 0 bridgehead atoms. The third kappa shape index (κ3) is 6.15. The van der Waals surface area contributed by atoms with Crippen molar-refractivity contribution in [2.24, 2.45) is 0 Å². The van der Waals surface area contributed by atoms with Gasteiger partial charge in [-0.15, -0.1) is 0 Å². The van der Waals surface area contributed by atoms with Gasteiger partial charge in [0.05, 0.1) is 0 Å². The van der Waals surface area contributed by atoms with E-state index in [2.05, 4.69) is 26.6 Å². The van der Waals surface area contributed by atoms with Crippen LogP contribution in [-0.2, 0) is 11.3 Å². The average Bonchev–Trinajstić information content (AvgIpc) is 2.95. The van der Waals surface area contributed by atoms with E-state index in [1.807, 2.05) is 26.8 Å². The van der Waals surface area contributed by atoms with Crippen LogP contribution < -0.4 is 10.6 Å². The fourth-order valence-corrected chi connectivity index (χ4v) is 3.25. The molecule has 132 valence electrons. The quantitative estimate of drug-likeness (QED) is 0.802. The summed E-state index contributed by atoms with van der Waals surface area (Å²) in [5, 5.41) is 5.78. The minimum Gasteiger partial charge on any atom is -0.444 e. The Morgan fingerprint density at radius 2 is 1.88 bits per heavy atom. The molecule has 1 aromatic carbocycles. The van der Waals surface area contributed by atoms with E-state index in [1.54, 1.807) is 12.1 Å². The molecule has 0 aromatic heterocycles. The zero-order chi connectivity index (χ0) is 17.7. The molecule has 1 aromatic rings. The Balaban J connectivity index is 1.97. The van der Waals surface area contributed by atoms with Crippen molar-refractivity contribution >= 4 is 27.9 Å². The van der Waals surface area contributed by atoms with Crippen molar-refractivity contribution in [3.05, 3.63) is 33.8 Å². The van der Waals surface area contributed by atoms with Crippen LogP contribution in [0.4, 0.5) is 4.79 Å². The minimum absolute atomic E-state index is 0.0679. The van der Waals surface area contributed by atoms with Crippen LogP contribution in [-0.4, -0.2) is 23.6 Å². The number of carbonyl (C=O) groups is 2. The Morgan fingerprint density at radius 1 is 1.21 bits per heavy atom. The van der Waals surface area contributed by atoms with Crippen LogP contribution in [0, 0.1) is 0 Å². The molecule has 0 heterocycles. The van der Waals surface area contributed by atoms with E-state index >= 15 is 0 Å². The molecule has 1 aliphatic rings. The van der Waals surface area contributed by atoms with E-state index in [4.69, 9.17) is 4.74 Å². The van der Waals surface area contributed by atoms with Crippen molar-refractivity contribution in [2.45, 2.75) is 64.6 Å². The van der Waals surface area contributed by atoms with E-state index in [0.717, 1.165) is 22.9 Å². The molecule has 0 spiro atoms. The van der Waals surface area contributed by atoms with Crippen LogP contribution in [0.5, 0.6) is 0 Å². The predicted molar refractivity (Wildman–Crippen MR) is 96.9 cm³/mol. The number of carbonyl (C=O) groups excluding carboxylic acids is 2. The molecule has 0 radical (unpaired) electrons. The Labute approximate surface area is 151 Å². The summed E-state index contributed by atoms with van der Waals surface area (Å²) in [6, 6.07) is 5.75. The first kappa shape index (κ1) is 18.8. The zero-order valence-corrected chi connectivity index (χ0v) is 16.0. The lowest BCUT2D eigenvalue weighted by Gasteiger charge is -2.19. The predicted octanol–water partition coefficient (Wildman–Crippen LogP) is 4.15. The first-order chi connectivity index (χ1) is 11.2. The van der Waals surface area contributed by atoms with Gasteiger partial charge in [0, 0.05) is 22.6 Å². The minimum atomic E-state index is -0.534. The molecule has 0 unspecified atom stereocenters. The SMILES string of the molecule is CC(C)(C)OC(=O)NCc1cc(Br)cc(C(=O)NC2CCCC2)c1. The van der Waals surface area contributed by atoms with Crippen LogP contribution >= 0.6 is 15.9 Å². The largest absolute Gasteiger partial charge is 0.444 e. The number of benzene rings is 1. The molecule has 0 saturated heterocycles. The number of halogens is 1. The van der Waals surface area contributed by atoms with Crippen molar-refractivity contribution in [1.29, 1.82) is 0 Å². The van der Waals surface area contributed by atoms with Crippen molar-refractivity contribution < 1.29 is 14.3 Å². The second-order valence-corrected chi connectivity index (χ2v) is 8.07. The second-order valence-electron chi connectivity index (χ2n) is 7.16. The molecule has 2 amide bonds. The van der Waals surface area contributed by atoms with Gasteiger partial charge in [0.1, 0.15) is 5.60 Å². The lowest BCUT2D eigenvalue weighted by molar-refractivity contribution is 0.0523. The highest BCUT2D eigenvalue weighted by molar-refractivity contribution is 9.10. The molecule has 0 atom stereocenters. The Bertz CT molecular complexity index is 605. The number of alkyl carbamates (subject to hydrolysis) is 1. The fourth-order valence-electron chi connectivity index (χ4n) is 2.71. The van der Waals surface area contributed by atoms with Gasteiger partial charge in [-0.3, -0.25) is 4.79 Å². The van der Waals surface area contributed by atoms with Gasteiger partial charge in [0.25, 0.3) is 5.91 Å². The molecular weight excluding hydrogens is 372 g/mol. The summed E-state index contributed by atoms with van der Waals surface area (Å²) >= 11 is 3.43. The summed E-state index contributed by atoms with van der Waals surface area (Å²) in [5.74, 6) is -0.0679. The first-order valence-corrected chi connectivity index (χ1v) is 9.09. The molecule has 1 fully saturated rings. The highest BCUT2D eigenvalue weighted by Gasteiger charge is 2.19. The maximum absolute atomic E-state index is 12.4. The summed E-state index contributed by atoms with van der Waals surface area (Å²) in [5.41, 5.74) is 0.900. The number of hydrogen-bond acceptors (Lipinski definition) is 3. The van der Waals surface area contributed by atoms with Gasteiger partial charge < -0.3 is 15.4 Å². The van der Waals surface area contributed by atoms with Gasteiger partial charge in [-0.2, -0.15) is 0 Å². The normalized spacial score (nSPS) is 15.2. The molecule has 2 rings (SSSR count). The summed E-state index contributed by atoms with van der Waals surface area (Å²) in [6.07, 6.45) is 3.97. The maximum Gasteiger partial charge on any atom is 0.407 e. The highest BCUT2D eigenvalue weighted by Crippen LogP contribution is 2.20. The molecule has 0 aliphatic heterocycles. The van der Waals surface area contributed by atoms with Gasteiger partial charge in [-0.25, -0.2) is 4.79 Å². The van der Waals surface area contributed by atoms with E-state index in [9.17, 15) is 9.59 Å². The van der Waals surface area contributed by atoms with E-state index in [1.165, 1.54) is 12.8 Å². The van der Waals surface area contributed by atoms with Crippen molar-refractivity contribution in [2.75, 3.05) is 0 Å². The van der Waals surface area contributed by atoms with Crippen LogP contribution in [0.2, 0.25) is 0 Å². The van der Waals surface area contributed by atoms with Crippen LogP contribution in [0.25, 0.3) is 0 Å². The zero-order valence-electron chi connectivity index (χ0n) is 14.4. The van der Waals surface area contributed by atoms with Gasteiger partial charge in [-0.05, 0) is 57.4 Å². The third-order valence-corrected chi connectivity index (χ3v) is 4.20. The van der Waals surface area contributed by atoms with Crippen LogP contribution in [0.3, 0.4) is 0 Å². The first-order valence-electron chi connectivity index (χ1n) is 8.30. The summed E-state index contributed by atoms with van der Waals surface area (Å²) in [4.78, 5) is 24.1. The molecule has 1 aliphatic carbocycles. The Morgan fingerprint density at radius 3 is 2.50 bits per heavy atom. The summed E-state index contributed by atoms with van der Waals surface area (Å²) in [6.45, 7) is 5.75. The maximum atomic E-state index is 12.4. The smallest absolute Gasteiger partial charge is 0.407 e. The monoisotopic (exact) mass is 396 g/mol. The molecule has 1 saturated carbocycles. The number of rotatable bonds is 4. The number of amides is 2. The third-order valence-electron chi connectivity index (χ3n) is 3.75. The Hall–Kier alpha value is -1.56. The van der Waals surface area contributed by atoms with E-state index in [-0.39, 0.29) is 11.9 Å². The van der Waals surface area contributed by atoms with E-state index in [0.29, 0.717) is 12.1 Å². The van der Waals surface area contributed by atoms with Crippen molar-refractivity contribution in [3.8, 4) is 0 Å². The number of ether oxygens (including phenoxy) is 1. The van der Waals surface area contributed by atoms with Crippen molar-refractivity contribution in [1.82, 2.24) is 10.6 Å². The molecular formula is C18H25BrN2O3. The van der Waals surface area contributed by atoms with Gasteiger partial charge in [-0.1, -0.05) is 28.8 Å². The van der Waals surface area contributed by atoms with Crippen molar-refractivity contribution in [3.63, 3.8) is 0 Å². The Kier molecular flexibility index (Phi) is 6.27. The van der Waals surface area contributed by atoms with Gasteiger partial charge >= 0.3 is 6.09 Å². The molecule has 5 nitrogen and oxygen atoms in total. The second kappa shape index (κ2) is 8.01. The van der Waals surface area contributed by atoms with Gasteiger partial charge in [0.2, 0.25) is 0 Å². The molecule has 6 heteroatoms. The van der Waals surface area contributed by atoms with E-state index < -0.39 is 11.7 Å². The molecule has 24 heavy (non-hydrogen) atoms. The fraction of sp³-hybridized carbons (Fsp3) is 0.556. The van der Waals surface area contributed by atoms with Crippen LogP contribution in [0.1, 0.15) is 62.4 Å². The summed E-state index contributed by atoms with van der Waals surface area (Å²) < 4.78 is 6.02. The number of nitrogens with one attached hydrogen (secondary N) is 2. The topological polar surface area (TPSA) is 67.4 Å². The van der Waals surface area contributed by atoms with Gasteiger partial charge in [0.15, 0.2) is 0 Å². The average molecular weight is 397 g/mol. The highest BCUT2D eigenvalue weighted by atomic mass is 79.9. The molecule has 2 N–H and O–H groups in total. The number of hydrogen-bond donors (Lipinski definition) is 2. The lowest BCUT2D eigenvalue weighted by Crippen LogP contribution is -2.33. The lowest BCUT2D eigenvalue weighted by atomic mass is 10.1. The summed E-state index contributed by atoms with van der Waals surface area (Å²) in [7, 11) is 0.